The van der Waals surface area contributed by atoms with Crippen LogP contribution in [0.15, 0.2) is 53.0 Å². The Bertz CT molecular complexity index is 659. The molecular weight excluding hydrogens is 318 g/mol. The van der Waals surface area contributed by atoms with Gasteiger partial charge in [0.15, 0.2) is 0 Å². The van der Waals surface area contributed by atoms with E-state index in [1.54, 1.807) is 4.90 Å². The third-order valence-electron chi connectivity index (χ3n) is 3.34. The Morgan fingerprint density at radius 3 is 2.75 bits per heavy atom. The van der Waals surface area contributed by atoms with E-state index in [4.69, 9.17) is 5.73 Å². The molecule has 2 aromatic carbocycles. The van der Waals surface area contributed by atoms with E-state index in [1.165, 1.54) is 0 Å². The number of amides is 2. The molecular formula is C15H14BrN3O. The molecule has 1 heterocycles. The minimum Gasteiger partial charge on any atom is -0.399 e. The predicted octanol–water partition coefficient (Wildman–Crippen LogP) is 3.30. The van der Waals surface area contributed by atoms with E-state index < -0.39 is 0 Å². The summed E-state index contributed by atoms with van der Waals surface area (Å²) in [6.45, 7) is 0.596. The number of nitrogen functional groups attached to an aromatic ring is 1. The molecule has 1 fully saturated rings. The summed E-state index contributed by atoms with van der Waals surface area (Å²) >= 11 is 3.45. The quantitative estimate of drug-likeness (QED) is 0.829. The van der Waals surface area contributed by atoms with Gasteiger partial charge in [0, 0.05) is 15.8 Å². The zero-order chi connectivity index (χ0) is 14.1. The first-order chi connectivity index (χ1) is 9.63. The highest BCUT2D eigenvalue weighted by atomic mass is 79.9. The van der Waals surface area contributed by atoms with Crippen molar-refractivity contribution >= 4 is 33.3 Å². The number of halogens is 1. The van der Waals surface area contributed by atoms with Crippen molar-refractivity contribution in [2.45, 2.75) is 6.04 Å². The van der Waals surface area contributed by atoms with Crippen LogP contribution < -0.4 is 16.0 Å². The summed E-state index contributed by atoms with van der Waals surface area (Å²) in [7, 11) is 0. The second kappa shape index (κ2) is 5.17. The van der Waals surface area contributed by atoms with Crippen molar-refractivity contribution in [2.24, 2.45) is 0 Å². The maximum absolute atomic E-state index is 12.1. The molecule has 20 heavy (non-hydrogen) atoms. The SMILES string of the molecule is Nc1cccc(N2CC(c3cccc(Br)c3)NC2=O)c1. The lowest BCUT2D eigenvalue weighted by Crippen LogP contribution is -2.27. The predicted molar refractivity (Wildman–Crippen MR) is 83.6 cm³/mol. The van der Waals surface area contributed by atoms with Crippen LogP contribution >= 0.6 is 15.9 Å². The topological polar surface area (TPSA) is 58.4 Å². The van der Waals surface area contributed by atoms with Crippen molar-refractivity contribution in [3.8, 4) is 0 Å². The molecule has 2 aromatic rings. The molecule has 3 rings (SSSR count). The number of urea groups is 1. The lowest BCUT2D eigenvalue weighted by atomic mass is 10.1. The van der Waals surface area contributed by atoms with E-state index in [0.717, 1.165) is 15.7 Å². The van der Waals surface area contributed by atoms with Gasteiger partial charge in [0.05, 0.1) is 12.6 Å². The van der Waals surface area contributed by atoms with E-state index in [1.807, 2.05) is 48.5 Å². The molecule has 0 saturated carbocycles. The number of hydrogen-bond acceptors (Lipinski definition) is 2. The summed E-state index contributed by atoms with van der Waals surface area (Å²) in [4.78, 5) is 13.8. The smallest absolute Gasteiger partial charge is 0.322 e. The average Bonchev–Trinajstić information content (AvgIpc) is 2.81. The number of nitrogens with zero attached hydrogens (tertiary/aromatic N) is 1. The maximum Gasteiger partial charge on any atom is 0.322 e. The number of carbonyl (C=O) groups is 1. The van der Waals surface area contributed by atoms with Crippen molar-refractivity contribution < 1.29 is 4.79 Å². The Balaban J connectivity index is 1.85. The average molecular weight is 332 g/mol. The Morgan fingerprint density at radius 1 is 1.20 bits per heavy atom. The summed E-state index contributed by atoms with van der Waals surface area (Å²) in [5.74, 6) is 0. The van der Waals surface area contributed by atoms with Crippen LogP contribution in [0.2, 0.25) is 0 Å². The standard InChI is InChI=1S/C15H14BrN3O/c16-11-4-1-3-10(7-11)14-9-19(15(20)18-14)13-6-2-5-12(17)8-13/h1-8,14H,9,17H2,(H,18,20). The van der Waals surface area contributed by atoms with Gasteiger partial charge >= 0.3 is 6.03 Å². The fourth-order valence-corrected chi connectivity index (χ4v) is 2.78. The number of carbonyl (C=O) groups excluding carboxylic acids is 1. The van der Waals surface area contributed by atoms with Crippen molar-refractivity contribution in [3.05, 3.63) is 58.6 Å². The zero-order valence-corrected chi connectivity index (χ0v) is 12.3. The van der Waals surface area contributed by atoms with Crippen LogP contribution in [0, 0.1) is 0 Å². The molecule has 1 unspecified atom stereocenters. The van der Waals surface area contributed by atoms with E-state index in [-0.39, 0.29) is 12.1 Å². The van der Waals surface area contributed by atoms with Crippen molar-refractivity contribution in [3.63, 3.8) is 0 Å². The van der Waals surface area contributed by atoms with Gasteiger partial charge in [-0.2, -0.15) is 0 Å². The van der Waals surface area contributed by atoms with Crippen LogP contribution in [-0.4, -0.2) is 12.6 Å². The van der Waals surface area contributed by atoms with Crippen LogP contribution in [0.1, 0.15) is 11.6 Å². The van der Waals surface area contributed by atoms with E-state index in [0.29, 0.717) is 12.2 Å². The molecule has 1 atom stereocenters. The number of nitrogens with two attached hydrogens (primary N) is 1. The van der Waals surface area contributed by atoms with Gasteiger partial charge in [0.2, 0.25) is 0 Å². The zero-order valence-electron chi connectivity index (χ0n) is 10.7. The van der Waals surface area contributed by atoms with Gasteiger partial charge in [-0.1, -0.05) is 34.1 Å². The maximum atomic E-state index is 12.1. The van der Waals surface area contributed by atoms with Gasteiger partial charge in [-0.05, 0) is 35.9 Å². The lowest BCUT2D eigenvalue weighted by molar-refractivity contribution is 0.251. The first-order valence-corrected chi connectivity index (χ1v) is 7.12. The molecule has 0 radical (unpaired) electrons. The van der Waals surface area contributed by atoms with Crippen molar-refractivity contribution in [1.82, 2.24) is 5.32 Å². The third-order valence-corrected chi connectivity index (χ3v) is 3.83. The second-order valence-corrected chi connectivity index (χ2v) is 5.68. The van der Waals surface area contributed by atoms with Crippen molar-refractivity contribution in [1.29, 1.82) is 0 Å². The molecule has 102 valence electrons. The molecule has 0 bridgehead atoms. The Labute approximate surface area is 125 Å². The normalized spacial score (nSPS) is 18.1. The highest BCUT2D eigenvalue weighted by molar-refractivity contribution is 9.10. The molecule has 4 nitrogen and oxygen atoms in total. The third kappa shape index (κ3) is 2.49. The summed E-state index contributed by atoms with van der Waals surface area (Å²) in [6, 6.07) is 15.2. The van der Waals surface area contributed by atoms with Crippen LogP contribution in [-0.2, 0) is 0 Å². The molecule has 0 spiro atoms. The minimum atomic E-state index is -0.0967. The largest absolute Gasteiger partial charge is 0.399 e. The Kier molecular flexibility index (Phi) is 3.36. The number of anilines is 2. The molecule has 1 aliphatic rings. The fraction of sp³-hybridized carbons (Fsp3) is 0.133. The molecule has 3 N–H and O–H groups in total. The molecule has 1 saturated heterocycles. The Hall–Kier alpha value is -2.01. The van der Waals surface area contributed by atoms with Crippen LogP contribution in [0.4, 0.5) is 16.2 Å². The molecule has 1 aliphatic heterocycles. The van der Waals surface area contributed by atoms with Gasteiger partial charge < -0.3 is 11.1 Å². The number of nitrogens with one attached hydrogen (secondary N) is 1. The van der Waals surface area contributed by atoms with Gasteiger partial charge in [-0.3, -0.25) is 4.90 Å². The molecule has 2 amide bonds. The highest BCUT2D eigenvalue weighted by Gasteiger charge is 2.30. The van der Waals surface area contributed by atoms with Crippen molar-refractivity contribution in [2.75, 3.05) is 17.2 Å². The summed E-state index contributed by atoms with van der Waals surface area (Å²) < 4.78 is 1.01. The number of rotatable bonds is 2. The monoisotopic (exact) mass is 331 g/mol. The molecule has 5 heteroatoms. The van der Waals surface area contributed by atoms with E-state index >= 15 is 0 Å². The van der Waals surface area contributed by atoms with Gasteiger partial charge in [0.1, 0.15) is 0 Å². The Morgan fingerprint density at radius 2 is 2.00 bits per heavy atom. The van der Waals surface area contributed by atoms with Gasteiger partial charge in [0.25, 0.3) is 0 Å². The summed E-state index contributed by atoms with van der Waals surface area (Å²) in [5, 5.41) is 2.99. The summed E-state index contributed by atoms with van der Waals surface area (Å²) in [6.07, 6.45) is 0. The lowest BCUT2D eigenvalue weighted by Gasteiger charge is -2.15. The van der Waals surface area contributed by atoms with Crippen LogP contribution in [0.3, 0.4) is 0 Å². The minimum absolute atomic E-state index is 0.0126. The highest BCUT2D eigenvalue weighted by Crippen LogP contribution is 2.27. The van der Waals surface area contributed by atoms with Crippen LogP contribution in [0.25, 0.3) is 0 Å². The summed E-state index contributed by atoms with van der Waals surface area (Å²) in [5.41, 5.74) is 8.33. The number of benzene rings is 2. The molecule has 0 aromatic heterocycles. The van der Waals surface area contributed by atoms with Crippen LogP contribution in [0.5, 0.6) is 0 Å². The first kappa shape index (κ1) is 13.0. The van der Waals surface area contributed by atoms with Gasteiger partial charge in [-0.25, -0.2) is 4.79 Å². The second-order valence-electron chi connectivity index (χ2n) is 4.76. The fourth-order valence-electron chi connectivity index (χ4n) is 2.37. The van der Waals surface area contributed by atoms with E-state index in [2.05, 4.69) is 21.2 Å². The number of hydrogen-bond donors (Lipinski definition) is 2. The van der Waals surface area contributed by atoms with E-state index in [9.17, 15) is 4.79 Å². The van der Waals surface area contributed by atoms with Gasteiger partial charge in [-0.15, -0.1) is 0 Å². The molecule has 0 aliphatic carbocycles. The first-order valence-electron chi connectivity index (χ1n) is 6.32.